The van der Waals surface area contributed by atoms with E-state index in [2.05, 4.69) is 93.7 Å². The second kappa shape index (κ2) is 55.4. The lowest BCUT2D eigenvalue weighted by atomic mass is 10.1. The molecule has 0 bridgehead atoms. The van der Waals surface area contributed by atoms with Crippen molar-refractivity contribution in [2.24, 2.45) is 0 Å². The summed E-state index contributed by atoms with van der Waals surface area (Å²) in [6, 6.07) is 0. The average Bonchev–Trinajstić information content (AvgIpc) is 3.33. The Labute approximate surface area is 414 Å². The molecule has 0 amide bonds. The fourth-order valence-corrected chi connectivity index (χ4v) is 7.83. The zero-order chi connectivity index (χ0) is 48.6. The molecular weight excluding hydrogens is 829 g/mol. The monoisotopic (exact) mass is 935 g/mol. The molecule has 0 aliphatic rings. The number of esters is 3. The third-order valence-electron chi connectivity index (χ3n) is 12.2. The Morgan fingerprint density at radius 3 is 0.910 bits per heavy atom. The maximum atomic E-state index is 12.8. The fourth-order valence-electron chi connectivity index (χ4n) is 7.83. The maximum Gasteiger partial charge on any atom is 0.306 e. The molecule has 0 radical (unpaired) electrons. The number of carbonyl (C=O) groups is 3. The summed E-state index contributed by atoms with van der Waals surface area (Å²) < 4.78 is 16.8. The van der Waals surface area contributed by atoms with E-state index in [-0.39, 0.29) is 37.5 Å². The van der Waals surface area contributed by atoms with Gasteiger partial charge in [-0.05, 0) is 116 Å². The number of allylic oxidation sites excluding steroid dienone is 12. The average molecular weight is 936 g/mol. The first-order chi connectivity index (χ1) is 33.0. The van der Waals surface area contributed by atoms with E-state index in [4.69, 9.17) is 14.2 Å². The summed E-state index contributed by atoms with van der Waals surface area (Å²) in [6.45, 7) is 6.57. The molecule has 0 unspecified atom stereocenters. The molecule has 0 heterocycles. The highest BCUT2D eigenvalue weighted by atomic mass is 16.6. The Morgan fingerprint density at radius 2 is 0.537 bits per heavy atom. The lowest BCUT2D eigenvalue weighted by molar-refractivity contribution is -0.167. The van der Waals surface area contributed by atoms with Crippen LogP contribution in [0.5, 0.6) is 0 Å². The number of carbonyl (C=O) groups excluding carboxylic acids is 3. The van der Waals surface area contributed by atoms with Gasteiger partial charge in [-0.1, -0.05) is 216 Å². The molecule has 0 spiro atoms. The van der Waals surface area contributed by atoms with Gasteiger partial charge in [0.15, 0.2) is 6.10 Å². The zero-order valence-corrected chi connectivity index (χ0v) is 44.2. The zero-order valence-electron chi connectivity index (χ0n) is 44.2. The Hall–Kier alpha value is -3.15. The fraction of sp³-hybridized carbons (Fsp3) is 0.754. The van der Waals surface area contributed by atoms with Crippen molar-refractivity contribution < 1.29 is 28.6 Å². The van der Waals surface area contributed by atoms with Crippen molar-refractivity contribution in [3.63, 3.8) is 0 Å². The van der Waals surface area contributed by atoms with E-state index in [9.17, 15) is 14.4 Å². The molecule has 0 aromatic carbocycles. The Balaban J connectivity index is 4.45. The summed E-state index contributed by atoms with van der Waals surface area (Å²) in [5.74, 6) is -0.931. The minimum absolute atomic E-state index is 0.0927. The van der Waals surface area contributed by atoms with E-state index >= 15 is 0 Å². The van der Waals surface area contributed by atoms with Gasteiger partial charge in [-0.3, -0.25) is 14.4 Å². The minimum Gasteiger partial charge on any atom is -0.462 e. The highest BCUT2D eigenvalue weighted by Crippen LogP contribution is 2.14. The first-order valence-corrected chi connectivity index (χ1v) is 28.4. The van der Waals surface area contributed by atoms with Gasteiger partial charge in [0.1, 0.15) is 13.2 Å². The normalized spacial score (nSPS) is 12.6. The van der Waals surface area contributed by atoms with Crippen LogP contribution < -0.4 is 0 Å². The lowest BCUT2D eigenvalue weighted by Crippen LogP contribution is -2.30. The maximum absolute atomic E-state index is 12.8. The third kappa shape index (κ3) is 53.7. The van der Waals surface area contributed by atoms with Crippen molar-refractivity contribution in [3.8, 4) is 0 Å². The van der Waals surface area contributed by atoms with Crippen LogP contribution in [0, 0.1) is 0 Å². The summed E-state index contributed by atoms with van der Waals surface area (Å²) in [4.78, 5) is 38.1. The van der Waals surface area contributed by atoms with Crippen LogP contribution in [0.15, 0.2) is 72.9 Å². The Bertz CT molecular complexity index is 1260. The predicted octanol–water partition coefficient (Wildman–Crippen LogP) is 19.0. The first kappa shape index (κ1) is 63.8. The van der Waals surface area contributed by atoms with Gasteiger partial charge in [-0.25, -0.2) is 0 Å². The second-order valence-electron chi connectivity index (χ2n) is 18.8. The van der Waals surface area contributed by atoms with Crippen LogP contribution in [-0.4, -0.2) is 37.2 Å². The van der Waals surface area contributed by atoms with Crippen molar-refractivity contribution in [3.05, 3.63) is 72.9 Å². The van der Waals surface area contributed by atoms with E-state index in [1.807, 2.05) is 0 Å². The van der Waals surface area contributed by atoms with Crippen molar-refractivity contribution in [1.82, 2.24) is 0 Å². The lowest BCUT2D eigenvalue weighted by Gasteiger charge is -2.18. The molecule has 0 rings (SSSR count). The van der Waals surface area contributed by atoms with Crippen LogP contribution in [0.3, 0.4) is 0 Å². The number of hydrogen-bond donors (Lipinski definition) is 0. The van der Waals surface area contributed by atoms with Gasteiger partial charge >= 0.3 is 17.9 Å². The van der Waals surface area contributed by atoms with Crippen LogP contribution in [0.4, 0.5) is 0 Å². The predicted molar refractivity (Wildman–Crippen MR) is 288 cm³/mol. The molecule has 386 valence electrons. The quantitative estimate of drug-likeness (QED) is 0.0262. The highest BCUT2D eigenvalue weighted by Gasteiger charge is 2.19. The molecule has 6 heteroatoms. The van der Waals surface area contributed by atoms with Crippen LogP contribution in [0.25, 0.3) is 0 Å². The van der Waals surface area contributed by atoms with Crippen molar-refractivity contribution in [2.45, 2.75) is 284 Å². The van der Waals surface area contributed by atoms with Crippen LogP contribution >= 0.6 is 0 Å². The van der Waals surface area contributed by atoms with Crippen molar-refractivity contribution >= 4 is 17.9 Å². The van der Waals surface area contributed by atoms with E-state index < -0.39 is 6.10 Å². The van der Waals surface area contributed by atoms with Gasteiger partial charge in [0, 0.05) is 19.3 Å². The SMILES string of the molecule is CCCCC/C=C\C/C=C\C/C=C\C/C=C\CCCCCC(=O)O[C@@H](COC(=O)CCCCCCC/C=C\CCCCCC)COC(=O)CCCCCCCCC/C=C\CCCCCCCC. The smallest absolute Gasteiger partial charge is 0.306 e. The van der Waals surface area contributed by atoms with Gasteiger partial charge < -0.3 is 14.2 Å². The van der Waals surface area contributed by atoms with Gasteiger partial charge in [0.25, 0.3) is 0 Å². The molecule has 1 atom stereocenters. The largest absolute Gasteiger partial charge is 0.462 e. The number of rotatable bonds is 51. The van der Waals surface area contributed by atoms with Gasteiger partial charge in [-0.2, -0.15) is 0 Å². The summed E-state index contributed by atoms with van der Waals surface area (Å²) in [7, 11) is 0. The van der Waals surface area contributed by atoms with Gasteiger partial charge in [0.05, 0.1) is 0 Å². The standard InChI is InChI=1S/C61H106O6/c1-4-7-10-13-16-19-22-25-27-29-30-32-34-37-40-43-46-49-52-55-61(64)67-58(56-65-59(62)53-50-47-44-41-38-35-24-21-18-15-12-9-6-3)57-66-60(63)54-51-48-45-42-39-36-33-31-28-26-23-20-17-14-11-8-5-2/h16,19,21,24-28,30,32,37,40,58H,4-15,17-18,20,22-23,29,31,33-36,38-39,41-57H2,1-3H3/b19-16-,24-21-,27-25-,28-26-,32-30-,40-37-/t58-/m0/s1. The molecule has 0 saturated carbocycles. The molecule has 0 aliphatic heterocycles. The van der Waals surface area contributed by atoms with Crippen LogP contribution in [-0.2, 0) is 28.6 Å². The first-order valence-electron chi connectivity index (χ1n) is 28.4. The van der Waals surface area contributed by atoms with E-state index in [0.717, 1.165) is 89.9 Å². The molecule has 0 aromatic rings. The number of hydrogen-bond acceptors (Lipinski definition) is 6. The van der Waals surface area contributed by atoms with Crippen LogP contribution in [0.1, 0.15) is 278 Å². The van der Waals surface area contributed by atoms with Crippen molar-refractivity contribution in [1.29, 1.82) is 0 Å². The topological polar surface area (TPSA) is 78.9 Å². The summed E-state index contributed by atoms with van der Waals surface area (Å²) >= 11 is 0. The molecule has 0 aromatic heterocycles. The Kier molecular flexibility index (Phi) is 52.8. The van der Waals surface area contributed by atoms with Crippen LogP contribution in [0.2, 0.25) is 0 Å². The van der Waals surface area contributed by atoms with Gasteiger partial charge in [-0.15, -0.1) is 0 Å². The van der Waals surface area contributed by atoms with E-state index in [1.54, 1.807) is 0 Å². The molecule has 0 fully saturated rings. The second-order valence-corrected chi connectivity index (χ2v) is 18.8. The van der Waals surface area contributed by atoms with E-state index in [0.29, 0.717) is 12.8 Å². The summed E-state index contributed by atoms with van der Waals surface area (Å²) in [5, 5.41) is 0. The number of ether oxygens (including phenoxy) is 3. The molecule has 0 N–H and O–H groups in total. The number of unbranched alkanes of at least 4 members (excludes halogenated alkanes) is 28. The minimum atomic E-state index is -0.797. The highest BCUT2D eigenvalue weighted by molar-refractivity contribution is 5.71. The van der Waals surface area contributed by atoms with Crippen molar-refractivity contribution in [2.75, 3.05) is 13.2 Å². The Morgan fingerprint density at radius 1 is 0.299 bits per heavy atom. The molecule has 0 saturated heterocycles. The van der Waals surface area contributed by atoms with E-state index in [1.165, 1.54) is 148 Å². The molecular formula is C61H106O6. The summed E-state index contributed by atoms with van der Waals surface area (Å²) in [6.07, 6.45) is 70.3. The third-order valence-corrected chi connectivity index (χ3v) is 12.2. The molecule has 0 aliphatic carbocycles. The molecule has 67 heavy (non-hydrogen) atoms. The van der Waals surface area contributed by atoms with Gasteiger partial charge in [0.2, 0.25) is 0 Å². The summed E-state index contributed by atoms with van der Waals surface area (Å²) in [5.41, 5.74) is 0. The molecule has 6 nitrogen and oxygen atoms in total.